The molecule has 0 spiro atoms. The molecule has 0 aliphatic carbocycles. The first-order valence-electron chi connectivity index (χ1n) is 7.38. The zero-order valence-electron chi connectivity index (χ0n) is 12.8. The predicted molar refractivity (Wildman–Crippen MR) is 91.0 cm³/mol. The summed E-state index contributed by atoms with van der Waals surface area (Å²) < 4.78 is 5.84. The van der Waals surface area contributed by atoms with E-state index < -0.39 is 4.92 Å². The van der Waals surface area contributed by atoms with Gasteiger partial charge in [0.05, 0.1) is 4.92 Å². The van der Waals surface area contributed by atoms with Gasteiger partial charge in [-0.15, -0.1) is 0 Å². The van der Waals surface area contributed by atoms with E-state index in [1.165, 1.54) is 12.1 Å². The van der Waals surface area contributed by atoms with Gasteiger partial charge >= 0.3 is 0 Å². The Kier molecular flexibility index (Phi) is 4.43. The highest BCUT2D eigenvalue weighted by Gasteiger charge is 2.10. The zero-order valence-corrected chi connectivity index (χ0v) is 12.8. The van der Waals surface area contributed by atoms with E-state index in [0.717, 1.165) is 16.7 Å². The molecule has 3 rings (SSSR count). The number of nitro groups is 1. The maximum Gasteiger partial charge on any atom is 0.269 e. The Morgan fingerprint density at radius 3 is 2.33 bits per heavy atom. The van der Waals surface area contributed by atoms with Crippen LogP contribution in [0.2, 0.25) is 0 Å². The van der Waals surface area contributed by atoms with Crippen molar-refractivity contribution in [2.45, 2.75) is 6.61 Å². The van der Waals surface area contributed by atoms with Crippen LogP contribution in [0, 0.1) is 10.1 Å². The summed E-state index contributed by atoms with van der Waals surface area (Å²) in [7, 11) is 0. The maximum atomic E-state index is 10.8. The fourth-order valence-corrected chi connectivity index (χ4v) is 2.37. The number of rotatable bonds is 5. The van der Waals surface area contributed by atoms with E-state index in [9.17, 15) is 15.2 Å². The second kappa shape index (κ2) is 6.83. The van der Waals surface area contributed by atoms with E-state index in [0.29, 0.717) is 12.4 Å². The van der Waals surface area contributed by atoms with Crippen LogP contribution >= 0.6 is 0 Å². The highest BCUT2D eigenvalue weighted by atomic mass is 16.6. The first-order chi connectivity index (χ1) is 11.6. The second-order valence-electron chi connectivity index (χ2n) is 5.26. The van der Waals surface area contributed by atoms with Gasteiger partial charge in [0.1, 0.15) is 18.1 Å². The van der Waals surface area contributed by atoms with Gasteiger partial charge in [-0.25, -0.2) is 0 Å². The molecule has 0 saturated heterocycles. The van der Waals surface area contributed by atoms with E-state index in [1.54, 1.807) is 30.3 Å². The van der Waals surface area contributed by atoms with E-state index in [-0.39, 0.29) is 11.4 Å². The van der Waals surface area contributed by atoms with Crippen LogP contribution in [0.3, 0.4) is 0 Å². The molecule has 3 aromatic carbocycles. The van der Waals surface area contributed by atoms with Crippen LogP contribution in [0.5, 0.6) is 11.5 Å². The molecule has 120 valence electrons. The molecule has 0 heterocycles. The summed E-state index contributed by atoms with van der Waals surface area (Å²) in [5.41, 5.74) is 2.59. The molecular formula is C19H15NO4. The summed E-state index contributed by atoms with van der Waals surface area (Å²) in [6, 6.07) is 20.8. The molecule has 0 unspecified atom stereocenters. The number of phenolic OH excluding ortho intramolecular Hbond substituents is 1. The Bertz CT molecular complexity index is 845. The Hall–Kier alpha value is -3.34. The van der Waals surface area contributed by atoms with E-state index in [1.807, 2.05) is 30.3 Å². The lowest BCUT2D eigenvalue weighted by Gasteiger charge is -2.12. The molecule has 0 fully saturated rings. The third-order valence-electron chi connectivity index (χ3n) is 3.59. The molecule has 0 aromatic heterocycles. The van der Waals surface area contributed by atoms with Crippen molar-refractivity contribution in [2.75, 3.05) is 0 Å². The Labute approximate surface area is 138 Å². The van der Waals surface area contributed by atoms with Crippen LogP contribution in [0.25, 0.3) is 11.1 Å². The second-order valence-corrected chi connectivity index (χ2v) is 5.26. The third kappa shape index (κ3) is 3.52. The highest BCUT2D eigenvalue weighted by molar-refractivity contribution is 5.72. The molecule has 0 aliphatic rings. The van der Waals surface area contributed by atoms with Gasteiger partial charge in [0.15, 0.2) is 0 Å². The average molecular weight is 321 g/mol. The molecule has 0 saturated carbocycles. The number of ether oxygens (including phenoxy) is 1. The lowest BCUT2D eigenvalue weighted by Crippen LogP contribution is -1.97. The van der Waals surface area contributed by atoms with Gasteiger partial charge in [0.2, 0.25) is 0 Å². The summed E-state index contributed by atoms with van der Waals surface area (Å²) in [5.74, 6) is 0.622. The van der Waals surface area contributed by atoms with Gasteiger partial charge in [-0.05, 0) is 35.4 Å². The molecule has 5 heteroatoms. The molecular weight excluding hydrogens is 306 g/mol. The van der Waals surface area contributed by atoms with Crippen LogP contribution in [0.1, 0.15) is 5.56 Å². The van der Waals surface area contributed by atoms with Crippen LogP contribution in [-0.2, 0) is 6.61 Å². The highest BCUT2D eigenvalue weighted by Crippen LogP contribution is 2.34. The minimum Gasteiger partial charge on any atom is -0.508 e. The monoisotopic (exact) mass is 321 g/mol. The first kappa shape index (κ1) is 15.6. The number of nitro benzene ring substituents is 1. The number of hydrogen-bond acceptors (Lipinski definition) is 4. The quantitative estimate of drug-likeness (QED) is 0.553. The largest absolute Gasteiger partial charge is 0.508 e. The number of non-ortho nitro benzene ring substituents is 1. The Balaban J connectivity index is 1.89. The molecule has 5 nitrogen and oxygen atoms in total. The molecule has 24 heavy (non-hydrogen) atoms. The Morgan fingerprint density at radius 2 is 1.67 bits per heavy atom. The normalized spacial score (nSPS) is 10.3. The fraction of sp³-hybridized carbons (Fsp3) is 0.0526. The van der Waals surface area contributed by atoms with Gasteiger partial charge in [-0.3, -0.25) is 10.1 Å². The van der Waals surface area contributed by atoms with Crippen LogP contribution in [-0.4, -0.2) is 10.0 Å². The molecule has 0 amide bonds. The molecule has 0 aliphatic heterocycles. The van der Waals surface area contributed by atoms with Crippen molar-refractivity contribution in [1.82, 2.24) is 0 Å². The van der Waals surface area contributed by atoms with E-state index in [4.69, 9.17) is 4.74 Å². The lowest BCUT2D eigenvalue weighted by molar-refractivity contribution is -0.384. The Morgan fingerprint density at radius 1 is 0.958 bits per heavy atom. The van der Waals surface area contributed by atoms with Crippen LogP contribution in [0.15, 0.2) is 72.8 Å². The number of nitrogens with zero attached hydrogens (tertiary/aromatic N) is 1. The first-order valence-corrected chi connectivity index (χ1v) is 7.38. The van der Waals surface area contributed by atoms with Gasteiger partial charge in [-0.1, -0.05) is 30.3 Å². The SMILES string of the molecule is O=[N+]([O-])c1ccc(-c2ccc(O)cc2OCc2ccccc2)cc1. The minimum absolute atomic E-state index is 0.0317. The summed E-state index contributed by atoms with van der Waals surface area (Å²) in [6.07, 6.45) is 0. The molecule has 1 N–H and O–H groups in total. The van der Waals surface area contributed by atoms with Gasteiger partial charge in [-0.2, -0.15) is 0 Å². The number of aromatic hydroxyl groups is 1. The number of hydrogen-bond donors (Lipinski definition) is 1. The predicted octanol–water partition coefficient (Wildman–Crippen LogP) is 4.55. The molecule has 3 aromatic rings. The summed E-state index contributed by atoms with van der Waals surface area (Å²) in [4.78, 5) is 10.3. The van der Waals surface area contributed by atoms with Crippen molar-refractivity contribution in [3.8, 4) is 22.6 Å². The van der Waals surface area contributed by atoms with E-state index in [2.05, 4.69) is 0 Å². The molecule has 0 radical (unpaired) electrons. The van der Waals surface area contributed by atoms with Crippen molar-refractivity contribution in [3.05, 3.63) is 88.5 Å². The third-order valence-corrected chi connectivity index (χ3v) is 3.59. The zero-order chi connectivity index (χ0) is 16.9. The van der Waals surface area contributed by atoms with E-state index >= 15 is 0 Å². The summed E-state index contributed by atoms with van der Waals surface area (Å²) in [6.45, 7) is 0.365. The average Bonchev–Trinajstić information content (AvgIpc) is 2.61. The summed E-state index contributed by atoms with van der Waals surface area (Å²) >= 11 is 0. The lowest BCUT2D eigenvalue weighted by atomic mass is 10.0. The topological polar surface area (TPSA) is 72.6 Å². The van der Waals surface area contributed by atoms with Crippen molar-refractivity contribution >= 4 is 5.69 Å². The van der Waals surface area contributed by atoms with Crippen molar-refractivity contribution in [1.29, 1.82) is 0 Å². The fourth-order valence-electron chi connectivity index (χ4n) is 2.37. The van der Waals surface area contributed by atoms with Crippen LogP contribution < -0.4 is 4.74 Å². The van der Waals surface area contributed by atoms with Crippen molar-refractivity contribution in [3.63, 3.8) is 0 Å². The number of phenols is 1. The van der Waals surface area contributed by atoms with Gasteiger partial charge in [0, 0.05) is 23.8 Å². The smallest absolute Gasteiger partial charge is 0.269 e. The molecule has 0 bridgehead atoms. The maximum absolute atomic E-state index is 10.8. The minimum atomic E-state index is -0.437. The van der Waals surface area contributed by atoms with Gasteiger partial charge < -0.3 is 9.84 Å². The van der Waals surface area contributed by atoms with Crippen molar-refractivity contribution < 1.29 is 14.8 Å². The van der Waals surface area contributed by atoms with Crippen LogP contribution in [0.4, 0.5) is 5.69 Å². The standard InChI is InChI=1S/C19H15NO4/c21-17-10-11-18(15-6-8-16(9-7-15)20(22)23)19(12-17)24-13-14-4-2-1-3-5-14/h1-12,21H,13H2. The number of benzene rings is 3. The summed E-state index contributed by atoms with van der Waals surface area (Å²) in [5, 5.41) is 20.5. The molecule has 0 atom stereocenters. The van der Waals surface area contributed by atoms with Crippen molar-refractivity contribution in [2.24, 2.45) is 0 Å². The van der Waals surface area contributed by atoms with Gasteiger partial charge in [0.25, 0.3) is 5.69 Å².